The first-order valence-electron chi connectivity index (χ1n) is 10.3. The van der Waals surface area contributed by atoms with Crippen molar-refractivity contribution in [3.05, 3.63) is 59.7 Å². The van der Waals surface area contributed by atoms with Gasteiger partial charge in [0.2, 0.25) is 5.89 Å². The van der Waals surface area contributed by atoms with Crippen LogP contribution in [0.2, 0.25) is 0 Å². The van der Waals surface area contributed by atoms with Gasteiger partial charge in [0.15, 0.2) is 12.4 Å². The fourth-order valence-corrected chi connectivity index (χ4v) is 5.33. The highest BCUT2D eigenvalue weighted by Gasteiger charge is 2.32. The molecule has 0 bridgehead atoms. The Morgan fingerprint density at radius 1 is 1.16 bits per heavy atom. The summed E-state index contributed by atoms with van der Waals surface area (Å²) in [6.45, 7) is 5.55. The van der Waals surface area contributed by atoms with E-state index in [0.29, 0.717) is 40.8 Å². The summed E-state index contributed by atoms with van der Waals surface area (Å²) in [6.07, 6.45) is 0.594. The SMILES string of the molecule is CCc1nc(CN2C(=O)COc3cc(S(=O)(=O)N(CC)c4ccccc4)c(C)cc32)no1. The van der Waals surface area contributed by atoms with Crippen molar-refractivity contribution in [3.63, 3.8) is 0 Å². The fourth-order valence-electron chi connectivity index (χ4n) is 3.63. The lowest BCUT2D eigenvalue weighted by molar-refractivity contribution is -0.121. The van der Waals surface area contributed by atoms with Gasteiger partial charge in [0.05, 0.1) is 22.8 Å². The molecule has 0 aliphatic carbocycles. The van der Waals surface area contributed by atoms with Crippen LogP contribution in [-0.2, 0) is 27.8 Å². The number of carbonyl (C=O) groups excluding carboxylic acids is 1. The first-order valence-corrected chi connectivity index (χ1v) is 11.8. The molecule has 0 saturated carbocycles. The molecule has 4 rings (SSSR count). The van der Waals surface area contributed by atoms with Gasteiger partial charge < -0.3 is 9.26 Å². The molecule has 0 spiro atoms. The van der Waals surface area contributed by atoms with Gasteiger partial charge in [-0.25, -0.2) is 8.42 Å². The summed E-state index contributed by atoms with van der Waals surface area (Å²) in [4.78, 5) is 18.4. The molecule has 1 amide bonds. The zero-order valence-corrected chi connectivity index (χ0v) is 18.9. The lowest BCUT2D eigenvalue weighted by Gasteiger charge is -2.30. The van der Waals surface area contributed by atoms with Crippen LogP contribution in [0.1, 0.15) is 31.1 Å². The van der Waals surface area contributed by atoms with Crippen molar-refractivity contribution in [1.82, 2.24) is 10.1 Å². The van der Waals surface area contributed by atoms with Crippen molar-refractivity contribution in [2.45, 2.75) is 38.6 Å². The third-order valence-corrected chi connectivity index (χ3v) is 7.26. The Kier molecular flexibility index (Phi) is 5.88. The van der Waals surface area contributed by atoms with E-state index in [0.717, 1.165) is 0 Å². The van der Waals surface area contributed by atoms with Crippen LogP contribution in [0.4, 0.5) is 11.4 Å². The largest absolute Gasteiger partial charge is 0.482 e. The van der Waals surface area contributed by atoms with E-state index >= 15 is 0 Å². The average Bonchev–Trinajstić information content (AvgIpc) is 3.24. The monoisotopic (exact) mass is 456 g/mol. The Bertz CT molecular complexity index is 1240. The number of amides is 1. The maximum absolute atomic E-state index is 13.5. The predicted octanol–water partition coefficient (Wildman–Crippen LogP) is 3.08. The molecule has 9 nitrogen and oxygen atoms in total. The van der Waals surface area contributed by atoms with Gasteiger partial charge in [0, 0.05) is 19.0 Å². The number of aryl methyl sites for hydroxylation is 2. The number of aromatic nitrogens is 2. The van der Waals surface area contributed by atoms with Gasteiger partial charge in [-0.05, 0) is 37.6 Å². The molecule has 1 aliphatic heterocycles. The zero-order chi connectivity index (χ0) is 22.9. The Labute approximate surface area is 186 Å². The van der Waals surface area contributed by atoms with Crippen LogP contribution in [0.15, 0.2) is 51.9 Å². The minimum absolute atomic E-state index is 0.106. The van der Waals surface area contributed by atoms with Crippen LogP contribution in [0.5, 0.6) is 5.75 Å². The van der Waals surface area contributed by atoms with E-state index in [-0.39, 0.29) is 30.5 Å². The standard InChI is InChI=1S/C22H24N4O5S/c1-4-21-23-20(24-31-21)13-25-17-11-15(3)19(12-18(17)30-14-22(25)27)32(28,29)26(5-2)16-9-7-6-8-10-16/h6-12H,4-5,13-14H2,1-3H3. The Balaban J connectivity index is 1.72. The molecule has 0 radical (unpaired) electrons. The van der Waals surface area contributed by atoms with Gasteiger partial charge in [-0.1, -0.05) is 30.3 Å². The van der Waals surface area contributed by atoms with Crippen LogP contribution < -0.4 is 13.9 Å². The van der Waals surface area contributed by atoms with Crippen molar-refractivity contribution in [2.24, 2.45) is 0 Å². The zero-order valence-electron chi connectivity index (χ0n) is 18.1. The normalized spacial score (nSPS) is 13.6. The van der Waals surface area contributed by atoms with Crippen molar-refractivity contribution in [1.29, 1.82) is 0 Å². The number of rotatable bonds is 7. The molecular formula is C22H24N4O5S. The predicted molar refractivity (Wildman–Crippen MR) is 118 cm³/mol. The van der Waals surface area contributed by atoms with Gasteiger partial charge >= 0.3 is 0 Å². The number of para-hydroxylation sites is 1. The highest BCUT2D eigenvalue weighted by atomic mass is 32.2. The van der Waals surface area contributed by atoms with Crippen molar-refractivity contribution < 1.29 is 22.5 Å². The van der Waals surface area contributed by atoms with E-state index in [1.807, 2.05) is 13.0 Å². The van der Waals surface area contributed by atoms with Gasteiger partial charge in [-0.2, -0.15) is 4.98 Å². The second-order valence-electron chi connectivity index (χ2n) is 7.32. The van der Waals surface area contributed by atoms with E-state index < -0.39 is 10.0 Å². The smallest absolute Gasteiger partial charge is 0.265 e. The first kappa shape index (κ1) is 21.8. The van der Waals surface area contributed by atoms with Crippen LogP contribution in [0.3, 0.4) is 0 Å². The molecular weight excluding hydrogens is 432 g/mol. The minimum atomic E-state index is -3.85. The lowest BCUT2D eigenvalue weighted by atomic mass is 10.1. The molecule has 2 heterocycles. The van der Waals surface area contributed by atoms with E-state index in [4.69, 9.17) is 9.26 Å². The first-order chi connectivity index (χ1) is 15.3. The molecule has 0 saturated heterocycles. The van der Waals surface area contributed by atoms with Crippen molar-refractivity contribution in [2.75, 3.05) is 22.4 Å². The topological polar surface area (TPSA) is 106 Å². The maximum atomic E-state index is 13.5. The highest BCUT2D eigenvalue weighted by molar-refractivity contribution is 7.92. The van der Waals surface area contributed by atoms with E-state index in [9.17, 15) is 13.2 Å². The van der Waals surface area contributed by atoms with E-state index in [1.54, 1.807) is 44.2 Å². The summed E-state index contributed by atoms with van der Waals surface area (Å²) in [5.41, 5.74) is 1.56. The number of anilines is 2. The third-order valence-electron chi connectivity index (χ3n) is 5.21. The molecule has 1 aromatic heterocycles. The lowest BCUT2D eigenvalue weighted by Crippen LogP contribution is -2.39. The maximum Gasteiger partial charge on any atom is 0.265 e. The van der Waals surface area contributed by atoms with Gasteiger partial charge in [0.25, 0.3) is 15.9 Å². The minimum Gasteiger partial charge on any atom is -0.482 e. The number of hydrogen-bond acceptors (Lipinski definition) is 7. The number of carbonyl (C=O) groups is 1. The van der Waals surface area contributed by atoms with Crippen molar-refractivity contribution >= 4 is 27.3 Å². The molecule has 0 unspecified atom stereocenters. The summed E-state index contributed by atoms with van der Waals surface area (Å²) in [6, 6.07) is 12.1. The Hall–Kier alpha value is -3.40. The number of fused-ring (bicyclic) bond motifs is 1. The molecule has 0 N–H and O–H groups in total. The second kappa shape index (κ2) is 8.62. The van der Waals surface area contributed by atoms with Crippen LogP contribution in [-0.4, -0.2) is 37.6 Å². The molecule has 10 heteroatoms. The Morgan fingerprint density at radius 2 is 1.91 bits per heavy atom. The molecule has 2 aromatic carbocycles. The molecule has 0 atom stereocenters. The number of hydrogen-bond donors (Lipinski definition) is 0. The van der Waals surface area contributed by atoms with Gasteiger partial charge in [0.1, 0.15) is 5.75 Å². The van der Waals surface area contributed by atoms with Crippen LogP contribution >= 0.6 is 0 Å². The number of benzene rings is 2. The summed E-state index contributed by atoms with van der Waals surface area (Å²) in [5.74, 6) is 0.907. The number of sulfonamides is 1. The summed E-state index contributed by atoms with van der Waals surface area (Å²) >= 11 is 0. The average molecular weight is 457 g/mol. The second-order valence-corrected chi connectivity index (χ2v) is 9.15. The van der Waals surface area contributed by atoms with E-state index in [2.05, 4.69) is 10.1 Å². The third kappa shape index (κ3) is 3.93. The van der Waals surface area contributed by atoms with Gasteiger partial charge in [-0.3, -0.25) is 14.0 Å². The molecule has 3 aromatic rings. The van der Waals surface area contributed by atoms with Crippen LogP contribution in [0, 0.1) is 6.92 Å². The molecule has 1 aliphatic rings. The molecule has 32 heavy (non-hydrogen) atoms. The van der Waals surface area contributed by atoms with E-state index in [1.165, 1.54) is 15.3 Å². The summed E-state index contributed by atoms with van der Waals surface area (Å²) < 4.78 is 39.1. The van der Waals surface area contributed by atoms with Crippen LogP contribution in [0.25, 0.3) is 0 Å². The van der Waals surface area contributed by atoms with Crippen molar-refractivity contribution in [3.8, 4) is 5.75 Å². The summed E-state index contributed by atoms with van der Waals surface area (Å²) in [5, 5.41) is 3.91. The van der Waals surface area contributed by atoms with Gasteiger partial charge in [-0.15, -0.1) is 0 Å². The quantitative estimate of drug-likeness (QED) is 0.538. The highest BCUT2D eigenvalue weighted by Crippen LogP contribution is 2.38. The molecule has 168 valence electrons. The Morgan fingerprint density at radius 3 is 2.56 bits per heavy atom. The number of nitrogens with zero attached hydrogens (tertiary/aromatic N) is 4. The fraction of sp³-hybridized carbons (Fsp3) is 0.318. The summed E-state index contributed by atoms with van der Waals surface area (Å²) in [7, 11) is -3.85. The number of ether oxygens (including phenoxy) is 1. The molecule has 0 fully saturated rings.